The number of hydrogen-bond donors (Lipinski definition) is 1. The van der Waals surface area contributed by atoms with Crippen LogP contribution in [0.5, 0.6) is 0 Å². The van der Waals surface area contributed by atoms with Crippen molar-refractivity contribution in [3.63, 3.8) is 0 Å². The van der Waals surface area contributed by atoms with E-state index in [1.165, 1.54) is 35.2 Å². The topological polar surface area (TPSA) is 86.8 Å². The number of sulfone groups is 1. The highest BCUT2D eigenvalue weighted by atomic mass is 35.5. The molecular formula is C31H36ClN3O4S. The van der Waals surface area contributed by atoms with Gasteiger partial charge in [-0.15, -0.1) is 0 Å². The Morgan fingerprint density at radius 1 is 0.925 bits per heavy atom. The first kappa shape index (κ1) is 29.8. The van der Waals surface area contributed by atoms with Crippen LogP contribution in [0.1, 0.15) is 54.0 Å². The number of fused-ring (bicyclic) bond motifs is 2. The molecule has 2 amide bonds. The third-order valence-electron chi connectivity index (χ3n) is 6.64. The van der Waals surface area contributed by atoms with Crippen molar-refractivity contribution in [1.29, 1.82) is 0 Å². The number of benzene rings is 3. The van der Waals surface area contributed by atoms with Crippen LogP contribution in [0.2, 0.25) is 5.02 Å². The van der Waals surface area contributed by atoms with Crippen LogP contribution in [0.4, 0.5) is 5.69 Å². The smallest absolute Gasteiger partial charge is 0.259 e. The summed E-state index contributed by atoms with van der Waals surface area (Å²) in [5, 5.41) is 3.47. The normalized spacial score (nSPS) is 14.3. The fraction of sp³-hybridized carbons (Fsp3) is 0.355. The third kappa shape index (κ3) is 6.74. The monoisotopic (exact) mass is 581 g/mol. The summed E-state index contributed by atoms with van der Waals surface area (Å²) in [6.45, 7) is 11.8. The van der Waals surface area contributed by atoms with E-state index in [1.54, 1.807) is 30.3 Å². The molecule has 212 valence electrons. The highest BCUT2D eigenvalue weighted by molar-refractivity contribution is 7.91. The van der Waals surface area contributed by atoms with Crippen molar-refractivity contribution in [2.75, 3.05) is 31.1 Å². The van der Waals surface area contributed by atoms with Gasteiger partial charge in [-0.3, -0.25) is 9.59 Å². The Labute approximate surface area is 242 Å². The lowest BCUT2D eigenvalue weighted by Gasteiger charge is -2.26. The van der Waals surface area contributed by atoms with Gasteiger partial charge in [0.05, 0.1) is 27.6 Å². The fourth-order valence-electron chi connectivity index (χ4n) is 5.04. The Morgan fingerprint density at radius 3 is 2.30 bits per heavy atom. The van der Waals surface area contributed by atoms with Gasteiger partial charge in [-0.1, -0.05) is 63.6 Å². The standard InChI is InChI=1S/C31H36ClN3O4S/c1-21(2)18-34(19-22(3)4)15-14-33-30(36)24-12-13-29-27(17-24)35(20-23-8-7-9-25(32)16-23)31(37)26-10-5-6-11-28(26)40(29,38)39/h5-13,16-17,21-22H,14-15,18-20H2,1-4H3,(H,33,36). The summed E-state index contributed by atoms with van der Waals surface area (Å²) in [5.74, 6) is 0.223. The van der Waals surface area contributed by atoms with Crippen molar-refractivity contribution in [3.05, 3.63) is 88.4 Å². The molecule has 1 aliphatic rings. The lowest BCUT2D eigenvalue weighted by molar-refractivity contribution is 0.0943. The summed E-state index contributed by atoms with van der Waals surface area (Å²) in [4.78, 5) is 30.7. The van der Waals surface area contributed by atoms with E-state index in [1.807, 2.05) is 6.07 Å². The molecule has 3 aromatic carbocycles. The number of nitrogens with zero attached hydrogens (tertiary/aromatic N) is 2. The number of rotatable bonds is 10. The maximum atomic E-state index is 13.8. The second-order valence-corrected chi connectivity index (χ2v) is 13.3. The predicted molar refractivity (Wildman–Crippen MR) is 159 cm³/mol. The molecule has 0 saturated carbocycles. The molecule has 0 radical (unpaired) electrons. The molecule has 0 bridgehead atoms. The van der Waals surface area contributed by atoms with Gasteiger partial charge in [-0.05, 0) is 59.9 Å². The van der Waals surface area contributed by atoms with Crippen molar-refractivity contribution in [2.24, 2.45) is 11.8 Å². The molecule has 9 heteroatoms. The summed E-state index contributed by atoms with van der Waals surface area (Å²) >= 11 is 6.19. The van der Waals surface area contributed by atoms with Crippen LogP contribution in [0.25, 0.3) is 0 Å². The molecule has 0 spiro atoms. The SMILES string of the molecule is CC(C)CN(CCNC(=O)c1ccc2c(c1)N(Cc1cccc(Cl)c1)C(=O)c1ccccc1S2(=O)=O)CC(C)C. The van der Waals surface area contributed by atoms with E-state index in [9.17, 15) is 18.0 Å². The Morgan fingerprint density at radius 2 is 1.62 bits per heavy atom. The van der Waals surface area contributed by atoms with Crippen molar-refractivity contribution in [2.45, 2.75) is 44.0 Å². The van der Waals surface area contributed by atoms with E-state index in [2.05, 4.69) is 37.9 Å². The first-order valence-electron chi connectivity index (χ1n) is 13.5. The number of hydrogen-bond acceptors (Lipinski definition) is 5. The Kier molecular flexibility index (Phi) is 9.33. The van der Waals surface area contributed by atoms with Gasteiger partial charge in [0.25, 0.3) is 11.8 Å². The van der Waals surface area contributed by atoms with E-state index in [-0.39, 0.29) is 39.1 Å². The van der Waals surface area contributed by atoms with Crippen LogP contribution in [-0.2, 0) is 16.4 Å². The van der Waals surface area contributed by atoms with Gasteiger partial charge in [0, 0.05) is 36.8 Å². The van der Waals surface area contributed by atoms with Gasteiger partial charge in [0.2, 0.25) is 9.84 Å². The van der Waals surface area contributed by atoms with Gasteiger partial charge in [0.15, 0.2) is 0 Å². The number of carbonyl (C=O) groups excluding carboxylic acids is 2. The quantitative estimate of drug-likeness (QED) is 0.333. The molecule has 0 aliphatic carbocycles. The second kappa shape index (κ2) is 12.5. The van der Waals surface area contributed by atoms with Crippen LogP contribution < -0.4 is 10.2 Å². The molecule has 0 unspecified atom stereocenters. The van der Waals surface area contributed by atoms with Gasteiger partial charge in [-0.25, -0.2) is 8.42 Å². The maximum absolute atomic E-state index is 13.8. The molecule has 0 aromatic heterocycles. The van der Waals surface area contributed by atoms with Crippen LogP contribution in [0, 0.1) is 11.8 Å². The predicted octanol–water partition coefficient (Wildman–Crippen LogP) is 5.68. The number of carbonyl (C=O) groups is 2. The van der Waals surface area contributed by atoms with Crippen molar-refractivity contribution >= 4 is 38.9 Å². The number of anilines is 1. The Hall–Kier alpha value is -3.20. The first-order valence-corrected chi connectivity index (χ1v) is 15.4. The van der Waals surface area contributed by atoms with Gasteiger partial charge in [-0.2, -0.15) is 0 Å². The summed E-state index contributed by atoms with van der Waals surface area (Å²) < 4.78 is 27.4. The molecule has 0 fully saturated rings. The maximum Gasteiger partial charge on any atom is 0.259 e. The molecule has 1 aliphatic heterocycles. The lowest BCUT2D eigenvalue weighted by atomic mass is 10.1. The molecule has 4 rings (SSSR count). The molecule has 40 heavy (non-hydrogen) atoms. The van der Waals surface area contributed by atoms with E-state index >= 15 is 0 Å². The van der Waals surface area contributed by atoms with E-state index in [0.717, 1.165) is 18.7 Å². The van der Waals surface area contributed by atoms with Crippen molar-refractivity contribution < 1.29 is 18.0 Å². The third-order valence-corrected chi connectivity index (χ3v) is 8.74. The average molecular weight is 582 g/mol. The highest BCUT2D eigenvalue weighted by Crippen LogP contribution is 2.38. The molecule has 3 aromatic rings. The van der Waals surface area contributed by atoms with Crippen LogP contribution >= 0.6 is 11.6 Å². The molecular weight excluding hydrogens is 546 g/mol. The van der Waals surface area contributed by atoms with Crippen LogP contribution in [-0.4, -0.2) is 51.3 Å². The van der Waals surface area contributed by atoms with E-state index in [0.29, 0.717) is 29.9 Å². The van der Waals surface area contributed by atoms with Crippen LogP contribution in [0.3, 0.4) is 0 Å². The average Bonchev–Trinajstić information content (AvgIpc) is 2.96. The van der Waals surface area contributed by atoms with Crippen LogP contribution in [0.15, 0.2) is 76.5 Å². The highest BCUT2D eigenvalue weighted by Gasteiger charge is 2.36. The zero-order valence-electron chi connectivity index (χ0n) is 23.4. The van der Waals surface area contributed by atoms with Crippen molar-refractivity contribution in [3.8, 4) is 0 Å². The minimum Gasteiger partial charge on any atom is -0.351 e. The molecule has 1 N–H and O–H groups in total. The van der Waals surface area contributed by atoms with Gasteiger partial charge in [0.1, 0.15) is 0 Å². The van der Waals surface area contributed by atoms with E-state index in [4.69, 9.17) is 11.6 Å². The first-order chi connectivity index (χ1) is 19.0. The Balaban J connectivity index is 1.67. The summed E-state index contributed by atoms with van der Waals surface area (Å²) in [5.41, 5.74) is 1.26. The zero-order chi connectivity index (χ0) is 29.0. The number of amides is 2. The molecule has 1 heterocycles. The zero-order valence-corrected chi connectivity index (χ0v) is 24.9. The molecule has 0 atom stereocenters. The summed E-state index contributed by atoms with van der Waals surface area (Å²) in [6.07, 6.45) is 0. The lowest BCUT2D eigenvalue weighted by Crippen LogP contribution is -2.38. The Bertz CT molecular complexity index is 1490. The van der Waals surface area contributed by atoms with Gasteiger partial charge < -0.3 is 15.1 Å². The number of halogens is 1. The number of nitrogens with one attached hydrogen (secondary N) is 1. The fourth-order valence-corrected chi connectivity index (χ4v) is 6.89. The minimum absolute atomic E-state index is 0.0237. The van der Waals surface area contributed by atoms with E-state index < -0.39 is 15.7 Å². The van der Waals surface area contributed by atoms with Crippen molar-refractivity contribution in [1.82, 2.24) is 10.2 Å². The summed E-state index contributed by atoms with van der Waals surface area (Å²) in [6, 6.07) is 17.7. The molecule has 0 saturated heterocycles. The minimum atomic E-state index is -4.02. The molecule has 7 nitrogen and oxygen atoms in total. The second-order valence-electron chi connectivity index (χ2n) is 11.0. The summed E-state index contributed by atoms with van der Waals surface area (Å²) in [7, 11) is -4.02. The van der Waals surface area contributed by atoms with Gasteiger partial charge >= 0.3 is 0 Å². The largest absolute Gasteiger partial charge is 0.351 e.